The molecule has 166 valence electrons. The van der Waals surface area contributed by atoms with Crippen molar-refractivity contribution in [1.82, 2.24) is 10.5 Å². The van der Waals surface area contributed by atoms with E-state index >= 15 is 0 Å². The summed E-state index contributed by atoms with van der Waals surface area (Å²) in [5.41, 5.74) is 2.18. The third kappa shape index (κ3) is 5.75. The van der Waals surface area contributed by atoms with Crippen molar-refractivity contribution >= 4 is 27.0 Å². The lowest BCUT2D eigenvalue weighted by Crippen LogP contribution is -2.29. The van der Waals surface area contributed by atoms with Gasteiger partial charge < -0.3 is 9.84 Å². The highest BCUT2D eigenvalue weighted by molar-refractivity contribution is 7.94. The first kappa shape index (κ1) is 22.0. The highest BCUT2D eigenvalue weighted by Crippen LogP contribution is 2.31. The van der Waals surface area contributed by atoms with Crippen LogP contribution in [0.1, 0.15) is 51.0 Å². The summed E-state index contributed by atoms with van der Waals surface area (Å²) >= 11 is 1.17. The molecule has 1 fully saturated rings. The summed E-state index contributed by atoms with van der Waals surface area (Å²) in [5.74, 6) is 0.808. The van der Waals surface area contributed by atoms with Crippen LogP contribution in [0.15, 0.2) is 57.5 Å². The monoisotopic (exact) mass is 459 g/mol. The molecule has 0 unspecified atom stereocenters. The SMILES string of the molecule is C[C@@H](CC1CCCCC1)NCc1ccccc1NS(=O)(=O)c1ccc(-c2ccon2)s1. The molecule has 1 aromatic carbocycles. The summed E-state index contributed by atoms with van der Waals surface area (Å²) in [7, 11) is -3.68. The van der Waals surface area contributed by atoms with Crippen LogP contribution >= 0.6 is 11.3 Å². The smallest absolute Gasteiger partial charge is 0.271 e. The molecular formula is C23H29N3O3S2. The third-order valence-electron chi connectivity index (χ3n) is 5.85. The zero-order valence-corrected chi connectivity index (χ0v) is 19.3. The molecular weight excluding hydrogens is 430 g/mol. The molecule has 0 spiro atoms. The number of sulfonamides is 1. The number of para-hydroxylation sites is 1. The Kier molecular flexibility index (Phi) is 7.09. The number of anilines is 1. The number of nitrogens with zero attached hydrogens (tertiary/aromatic N) is 1. The Morgan fingerprint density at radius 3 is 2.71 bits per heavy atom. The molecule has 1 atom stereocenters. The van der Waals surface area contributed by atoms with Crippen molar-refractivity contribution in [2.24, 2.45) is 5.92 Å². The fourth-order valence-electron chi connectivity index (χ4n) is 4.20. The van der Waals surface area contributed by atoms with Gasteiger partial charge in [-0.2, -0.15) is 0 Å². The van der Waals surface area contributed by atoms with Gasteiger partial charge in [-0.05, 0) is 43.0 Å². The summed E-state index contributed by atoms with van der Waals surface area (Å²) in [5, 5.41) is 7.46. The van der Waals surface area contributed by atoms with Gasteiger partial charge in [-0.3, -0.25) is 4.72 Å². The average Bonchev–Trinajstić information content (AvgIpc) is 3.46. The number of nitrogens with one attached hydrogen (secondary N) is 2. The highest BCUT2D eigenvalue weighted by Gasteiger charge is 2.20. The van der Waals surface area contributed by atoms with Crippen LogP contribution in [0.2, 0.25) is 0 Å². The minimum atomic E-state index is -3.68. The summed E-state index contributed by atoms with van der Waals surface area (Å²) in [4.78, 5) is 0.751. The lowest BCUT2D eigenvalue weighted by Gasteiger charge is -2.25. The van der Waals surface area contributed by atoms with E-state index in [9.17, 15) is 8.42 Å². The van der Waals surface area contributed by atoms with E-state index in [4.69, 9.17) is 4.52 Å². The van der Waals surface area contributed by atoms with Crippen LogP contribution in [-0.4, -0.2) is 19.6 Å². The van der Waals surface area contributed by atoms with Gasteiger partial charge in [0.25, 0.3) is 10.0 Å². The maximum Gasteiger partial charge on any atom is 0.271 e. The van der Waals surface area contributed by atoms with E-state index in [0.717, 1.165) is 16.4 Å². The van der Waals surface area contributed by atoms with Gasteiger partial charge in [-0.15, -0.1) is 11.3 Å². The van der Waals surface area contributed by atoms with E-state index in [-0.39, 0.29) is 4.21 Å². The van der Waals surface area contributed by atoms with Crippen LogP contribution in [0.3, 0.4) is 0 Å². The van der Waals surface area contributed by atoms with Gasteiger partial charge in [0, 0.05) is 18.7 Å². The first-order chi connectivity index (χ1) is 15.0. The van der Waals surface area contributed by atoms with Crippen molar-refractivity contribution in [1.29, 1.82) is 0 Å². The van der Waals surface area contributed by atoms with Crippen LogP contribution < -0.4 is 10.0 Å². The standard InChI is InChI=1S/C23H29N3O3S2/c1-17(15-18-7-3-2-4-8-18)24-16-19-9-5-6-10-20(19)26-31(27,28)23-12-11-22(30-23)21-13-14-29-25-21/h5-6,9-14,17-18,24,26H,2-4,7-8,15-16H2,1H3/t17-/m0/s1. The van der Waals surface area contributed by atoms with E-state index < -0.39 is 10.0 Å². The number of hydrogen-bond acceptors (Lipinski definition) is 6. The van der Waals surface area contributed by atoms with Gasteiger partial charge in [0.05, 0.1) is 10.6 Å². The molecule has 2 N–H and O–H groups in total. The Morgan fingerprint density at radius 2 is 1.94 bits per heavy atom. The van der Waals surface area contributed by atoms with Gasteiger partial charge in [0.15, 0.2) is 0 Å². The molecule has 3 aromatic rings. The zero-order chi connectivity index (χ0) is 21.7. The number of hydrogen-bond donors (Lipinski definition) is 2. The molecule has 0 radical (unpaired) electrons. The van der Waals surface area contributed by atoms with Crippen molar-refractivity contribution in [3.8, 4) is 10.6 Å². The summed E-state index contributed by atoms with van der Waals surface area (Å²) in [6.45, 7) is 2.85. The maximum atomic E-state index is 13.0. The summed E-state index contributed by atoms with van der Waals surface area (Å²) in [6.07, 6.45) is 9.38. The van der Waals surface area contributed by atoms with Crippen LogP contribution in [-0.2, 0) is 16.6 Å². The van der Waals surface area contributed by atoms with Gasteiger partial charge in [-0.25, -0.2) is 8.42 Å². The number of thiophene rings is 1. The molecule has 2 heterocycles. The molecule has 31 heavy (non-hydrogen) atoms. The van der Waals surface area contributed by atoms with Crippen molar-refractivity contribution in [2.45, 2.75) is 62.2 Å². The van der Waals surface area contributed by atoms with Crippen LogP contribution in [0.4, 0.5) is 5.69 Å². The minimum absolute atomic E-state index is 0.249. The zero-order valence-electron chi connectivity index (χ0n) is 17.7. The molecule has 1 saturated carbocycles. The van der Waals surface area contributed by atoms with Crippen molar-refractivity contribution in [2.75, 3.05) is 4.72 Å². The lowest BCUT2D eigenvalue weighted by molar-refractivity contribution is 0.305. The van der Waals surface area contributed by atoms with Gasteiger partial charge in [0.1, 0.15) is 16.2 Å². The van der Waals surface area contributed by atoms with E-state index in [1.165, 1.54) is 56.1 Å². The maximum absolute atomic E-state index is 13.0. The molecule has 0 amide bonds. The topological polar surface area (TPSA) is 84.2 Å². The van der Waals surface area contributed by atoms with Crippen LogP contribution in [0.5, 0.6) is 0 Å². The highest BCUT2D eigenvalue weighted by atomic mass is 32.2. The van der Waals surface area contributed by atoms with Crippen molar-refractivity contribution in [3.05, 3.63) is 54.3 Å². The molecule has 0 bridgehead atoms. The molecule has 6 nitrogen and oxygen atoms in total. The molecule has 2 aromatic heterocycles. The molecule has 0 aliphatic heterocycles. The largest absolute Gasteiger partial charge is 0.364 e. The van der Waals surface area contributed by atoms with E-state index in [1.54, 1.807) is 18.2 Å². The quantitative estimate of drug-likeness (QED) is 0.432. The van der Waals surface area contributed by atoms with Gasteiger partial charge in [0.2, 0.25) is 0 Å². The van der Waals surface area contributed by atoms with E-state index in [0.29, 0.717) is 24.0 Å². The third-order valence-corrected chi connectivity index (χ3v) is 8.82. The van der Waals surface area contributed by atoms with Gasteiger partial charge in [-0.1, -0.05) is 55.5 Å². The number of benzene rings is 1. The molecule has 1 aliphatic carbocycles. The predicted octanol–water partition coefficient (Wildman–Crippen LogP) is 5.65. The second-order valence-corrected chi connectivity index (χ2v) is 11.3. The second-order valence-electron chi connectivity index (χ2n) is 8.29. The predicted molar refractivity (Wildman–Crippen MR) is 125 cm³/mol. The fourth-order valence-corrected chi connectivity index (χ4v) is 6.57. The minimum Gasteiger partial charge on any atom is -0.364 e. The average molecular weight is 460 g/mol. The Bertz CT molecular complexity index is 1070. The van der Waals surface area contributed by atoms with Crippen molar-refractivity contribution < 1.29 is 12.9 Å². The van der Waals surface area contributed by atoms with Crippen LogP contribution in [0, 0.1) is 5.92 Å². The molecule has 8 heteroatoms. The normalized spacial score (nSPS) is 16.3. The van der Waals surface area contributed by atoms with E-state index in [1.807, 2.05) is 24.3 Å². The number of rotatable bonds is 9. The molecule has 4 rings (SSSR count). The molecule has 0 saturated heterocycles. The molecule has 1 aliphatic rings. The van der Waals surface area contributed by atoms with Crippen LogP contribution in [0.25, 0.3) is 10.6 Å². The summed E-state index contributed by atoms with van der Waals surface area (Å²) in [6, 6.07) is 13.0. The first-order valence-electron chi connectivity index (χ1n) is 10.9. The van der Waals surface area contributed by atoms with E-state index in [2.05, 4.69) is 22.1 Å². The first-order valence-corrected chi connectivity index (χ1v) is 13.2. The lowest BCUT2D eigenvalue weighted by atomic mass is 9.85. The Labute approximate surface area is 188 Å². The van der Waals surface area contributed by atoms with Gasteiger partial charge >= 0.3 is 0 Å². The Balaban J connectivity index is 1.40. The fraction of sp³-hybridized carbons (Fsp3) is 0.435. The summed E-state index contributed by atoms with van der Waals surface area (Å²) < 4.78 is 33.8. The number of aromatic nitrogens is 1. The second kappa shape index (κ2) is 9.97. The Hall–Kier alpha value is -2.16. The van der Waals surface area contributed by atoms with Crippen molar-refractivity contribution in [3.63, 3.8) is 0 Å². The Morgan fingerprint density at radius 1 is 1.13 bits per heavy atom.